The molecule has 0 aliphatic heterocycles. The van der Waals surface area contributed by atoms with Crippen molar-refractivity contribution in [3.63, 3.8) is 0 Å². The van der Waals surface area contributed by atoms with Crippen LogP contribution in [0.3, 0.4) is 0 Å². The maximum absolute atomic E-state index is 5.83. The molecular formula is C13H15N5O. The van der Waals surface area contributed by atoms with Crippen LogP contribution in [0.25, 0.3) is 11.1 Å². The summed E-state index contributed by atoms with van der Waals surface area (Å²) >= 11 is 0. The van der Waals surface area contributed by atoms with Crippen molar-refractivity contribution in [1.82, 2.24) is 14.8 Å². The predicted molar refractivity (Wildman–Crippen MR) is 73.8 cm³/mol. The molecule has 2 aromatic heterocycles. The van der Waals surface area contributed by atoms with Gasteiger partial charge in [0, 0.05) is 26.2 Å². The zero-order valence-electron chi connectivity index (χ0n) is 10.6. The van der Waals surface area contributed by atoms with Crippen LogP contribution in [0.5, 0.6) is 0 Å². The Bertz CT molecular complexity index is 700. The van der Waals surface area contributed by atoms with Crippen molar-refractivity contribution in [3.8, 4) is 0 Å². The Morgan fingerprint density at radius 2 is 2.26 bits per heavy atom. The minimum atomic E-state index is 0.490. The molecule has 0 atom stereocenters. The quantitative estimate of drug-likeness (QED) is 0.696. The Morgan fingerprint density at radius 1 is 1.37 bits per heavy atom. The van der Waals surface area contributed by atoms with Gasteiger partial charge in [0.2, 0.25) is 0 Å². The van der Waals surface area contributed by atoms with Gasteiger partial charge in [-0.05, 0) is 18.2 Å². The Hall–Kier alpha value is -2.50. The van der Waals surface area contributed by atoms with Crippen LogP contribution >= 0.6 is 0 Å². The number of aryl methyl sites for hydroxylation is 1. The zero-order chi connectivity index (χ0) is 13.2. The Labute approximate surface area is 110 Å². The van der Waals surface area contributed by atoms with Crippen LogP contribution in [0.4, 0.5) is 11.7 Å². The molecule has 0 aliphatic rings. The first kappa shape index (κ1) is 11.6. The maximum Gasteiger partial charge on any atom is 0.295 e. The van der Waals surface area contributed by atoms with Crippen molar-refractivity contribution in [2.75, 3.05) is 17.6 Å². The zero-order valence-corrected chi connectivity index (χ0v) is 10.6. The molecule has 0 unspecified atom stereocenters. The lowest BCUT2D eigenvalue weighted by molar-refractivity contribution is 0.614. The summed E-state index contributed by atoms with van der Waals surface area (Å²) in [5.74, 6) is 0. The van der Waals surface area contributed by atoms with E-state index < -0.39 is 0 Å². The molecule has 3 N–H and O–H groups in total. The van der Waals surface area contributed by atoms with Gasteiger partial charge in [0.05, 0.1) is 11.4 Å². The second-order valence-corrected chi connectivity index (χ2v) is 4.37. The highest BCUT2D eigenvalue weighted by Gasteiger charge is 2.07. The van der Waals surface area contributed by atoms with E-state index in [0.717, 1.165) is 12.1 Å². The van der Waals surface area contributed by atoms with Crippen molar-refractivity contribution in [1.29, 1.82) is 0 Å². The number of nitrogens with one attached hydrogen (secondary N) is 1. The van der Waals surface area contributed by atoms with Gasteiger partial charge in [0.1, 0.15) is 5.52 Å². The summed E-state index contributed by atoms with van der Waals surface area (Å²) in [6.45, 7) is 0.712. The number of nitrogens with zero attached hydrogens (tertiary/aromatic N) is 3. The summed E-state index contributed by atoms with van der Waals surface area (Å²) in [4.78, 5) is 4.32. The summed E-state index contributed by atoms with van der Waals surface area (Å²) in [5, 5.41) is 7.44. The van der Waals surface area contributed by atoms with Gasteiger partial charge in [0.25, 0.3) is 6.01 Å². The van der Waals surface area contributed by atoms with Crippen LogP contribution < -0.4 is 11.1 Å². The Morgan fingerprint density at radius 3 is 3.00 bits per heavy atom. The molecule has 2 heterocycles. The average Bonchev–Trinajstić information content (AvgIpc) is 2.97. The molecule has 0 radical (unpaired) electrons. The SMILES string of the molecule is Cn1ccc(CCNc2nc3c(N)cccc3o2)n1. The lowest BCUT2D eigenvalue weighted by Crippen LogP contribution is -2.05. The normalized spacial score (nSPS) is 11.0. The molecule has 6 nitrogen and oxygen atoms in total. The molecule has 19 heavy (non-hydrogen) atoms. The minimum Gasteiger partial charge on any atom is -0.423 e. The number of benzene rings is 1. The van der Waals surface area contributed by atoms with Crippen molar-refractivity contribution in [2.45, 2.75) is 6.42 Å². The summed E-state index contributed by atoms with van der Waals surface area (Å²) in [7, 11) is 1.90. The number of para-hydroxylation sites is 1. The fourth-order valence-corrected chi connectivity index (χ4v) is 1.94. The molecule has 1 aromatic carbocycles. The van der Waals surface area contributed by atoms with Gasteiger partial charge >= 0.3 is 0 Å². The van der Waals surface area contributed by atoms with Gasteiger partial charge in [-0.2, -0.15) is 10.1 Å². The summed E-state index contributed by atoms with van der Waals surface area (Å²) in [6, 6.07) is 7.99. The van der Waals surface area contributed by atoms with Crippen LogP contribution in [-0.2, 0) is 13.5 Å². The number of nitrogens with two attached hydrogens (primary N) is 1. The standard InChI is InChI=1S/C13H15N5O/c1-18-8-6-9(17-18)5-7-15-13-16-12-10(14)3-2-4-11(12)19-13/h2-4,6,8H,5,7,14H2,1H3,(H,15,16). The molecular weight excluding hydrogens is 242 g/mol. The van der Waals surface area contributed by atoms with E-state index in [4.69, 9.17) is 10.2 Å². The number of rotatable bonds is 4. The second kappa shape index (κ2) is 4.64. The maximum atomic E-state index is 5.83. The van der Waals surface area contributed by atoms with Crippen LogP contribution in [0, 0.1) is 0 Å². The van der Waals surface area contributed by atoms with Gasteiger partial charge in [-0.25, -0.2) is 0 Å². The van der Waals surface area contributed by atoms with E-state index in [1.165, 1.54) is 0 Å². The van der Waals surface area contributed by atoms with E-state index in [9.17, 15) is 0 Å². The van der Waals surface area contributed by atoms with Gasteiger partial charge in [-0.1, -0.05) is 6.07 Å². The number of oxazole rings is 1. The molecule has 0 aliphatic carbocycles. The molecule has 0 fully saturated rings. The van der Waals surface area contributed by atoms with Crippen molar-refractivity contribution >= 4 is 22.8 Å². The van der Waals surface area contributed by atoms with E-state index in [2.05, 4.69) is 15.4 Å². The topological polar surface area (TPSA) is 81.9 Å². The van der Waals surface area contributed by atoms with Gasteiger partial charge in [0.15, 0.2) is 5.58 Å². The molecule has 0 bridgehead atoms. The minimum absolute atomic E-state index is 0.490. The monoisotopic (exact) mass is 257 g/mol. The van der Waals surface area contributed by atoms with Crippen LogP contribution in [-0.4, -0.2) is 21.3 Å². The highest BCUT2D eigenvalue weighted by molar-refractivity contribution is 5.86. The number of fused-ring (bicyclic) bond motifs is 1. The smallest absolute Gasteiger partial charge is 0.295 e. The number of aromatic nitrogens is 3. The molecule has 6 heteroatoms. The number of hydrogen-bond donors (Lipinski definition) is 2. The first-order valence-corrected chi connectivity index (χ1v) is 6.10. The summed E-state index contributed by atoms with van der Waals surface area (Å²) in [6.07, 6.45) is 2.74. The molecule has 3 rings (SSSR count). The third-order valence-electron chi connectivity index (χ3n) is 2.88. The lowest BCUT2D eigenvalue weighted by Gasteiger charge is -1.98. The highest BCUT2D eigenvalue weighted by atomic mass is 16.4. The first-order valence-electron chi connectivity index (χ1n) is 6.10. The number of anilines is 2. The summed E-state index contributed by atoms with van der Waals surface area (Å²) in [5.41, 5.74) is 8.88. The van der Waals surface area contributed by atoms with Crippen LogP contribution in [0.2, 0.25) is 0 Å². The first-order chi connectivity index (χ1) is 9.22. The average molecular weight is 257 g/mol. The third kappa shape index (κ3) is 2.37. The van der Waals surface area contributed by atoms with Crippen LogP contribution in [0.1, 0.15) is 5.69 Å². The van der Waals surface area contributed by atoms with Crippen molar-refractivity contribution in [2.24, 2.45) is 7.05 Å². The van der Waals surface area contributed by atoms with E-state index >= 15 is 0 Å². The molecule has 0 amide bonds. The molecule has 98 valence electrons. The fourth-order valence-electron chi connectivity index (χ4n) is 1.94. The van der Waals surface area contributed by atoms with Gasteiger partial charge in [-0.15, -0.1) is 0 Å². The predicted octanol–water partition coefficient (Wildman–Crippen LogP) is 1.80. The molecule has 0 saturated heterocycles. The lowest BCUT2D eigenvalue weighted by atomic mass is 10.3. The van der Waals surface area contributed by atoms with E-state index in [1.807, 2.05) is 37.5 Å². The van der Waals surface area contributed by atoms with Crippen LogP contribution in [0.15, 0.2) is 34.9 Å². The molecule has 0 spiro atoms. The summed E-state index contributed by atoms with van der Waals surface area (Å²) < 4.78 is 7.35. The largest absolute Gasteiger partial charge is 0.423 e. The van der Waals surface area contributed by atoms with Gasteiger partial charge < -0.3 is 15.5 Å². The van der Waals surface area contributed by atoms with Crippen molar-refractivity contribution in [3.05, 3.63) is 36.2 Å². The number of nitrogen functional groups attached to an aromatic ring is 1. The Kier molecular flexibility index (Phi) is 2.83. The van der Waals surface area contributed by atoms with Crippen molar-refractivity contribution < 1.29 is 4.42 Å². The van der Waals surface area contributed by atoms with E-state index in [1.54, 1.807) is 4.68 Å². The Balaban J connectivity index is 1.67. The second-order valence-electron chi connectivity index (χ2n) is 4.37. The van der Waals surface area contributed by atoms with E-state index in [-0.39, 0.29) is 0 Å². The molecule has 0 saturated carbocycles. The highest BCUT2D eigenvalue weighted by Crippen LogP contribution is 2.23. The number of hydrogen-bond acceptors (Lipinski definition) is 5. The molecule has 3 aromatic rings. The van der Waals surface area contributed by atoms with E-state index in [0.29, 0.717) is 29.3 Å². The fraction of sp³-hybridized carbons (Fsp3) is 0.231. The third-order valence-corrected chi connectivity index (χ3v) is 2.88. The van der Waals surface area contributed by atoms with Gasteiger partial charge in [-0.3, -0.25) is 4.68 Å².